The Kier molecular flexibility index (Phi) is 7.51. The minimum atomic E-state index is -0.986. The van der Waals surface area contributed by atoms with Crippen LogP contribution in [0.3, 0.4) is 0 Å². The highest BCUT2D eigenvalue weighted by atomic mass is 16.5. The highest BCUT2D eigenvalue weighted by molar-refractivity contribution is 5.87. The molecule has 9 heteroatoms. The van der Waals surface area contributed by atoms with Gasteiger partial charge in [-0.1, -0.05) is 24.3 Å². The summed E-state index contributed by atoms with van der Waals surface area (Å²) in [5, 5.41) is 12.4. The molecule has 5 rings (SSSR count). The summed E-state index contributed by atoms with van der Waals surface area (Å²) >= 11 is 0. The summed E-state index contributed by atoms with van der Waals surface area (Å²) in [5.74, 6) is -0.407. The van der Waals surface area contributed by atoms with Crippen molar-refractivity contribution in [2.24, 2.45) is 0 Å². The molecule has 0 bridgehead atoms. The molecule has 39 heavy (non-hydrogen) atoms. The summed E-state index contributed by atoms with van der Waals surface area (Å²) < 4.78 is 12.2. The number of hydrogen-bond donors (Lipinski definition) is 2. The largest absolute Gasteiger partial charge is 0.478 e. The number of rotatable bonds is 9. The number of hydrogen-bond acceptors (Lipinski definition) is 7. The Hall–Kier alpha value is -4.37. The van der Waals surface area contributed by atoms with Crippen molar-refractivity contribution >= 4 is 34.7 Å². The number of carboxylic acids is 1. The van der Waals surface area contributed by atoms with E-state index in [2.05, 4.69) is 10.3 Å². The molecule has 1 fully saturated rings. The van der Waals surface area contributed by atoms with Crippen molar-refractivity contribution in [1.29, 1.82) is 0 Å². The van der Waals surface area contributed by atoms with Gasteiger partial charge in [-0.25, -0.2) is 4.79 Å². The van der Waals surface area contributed by atoms with E-state index >= 15 is 0 Å². The van der Waals surface area contributed by atoms with Gasteiger partial charge in [-0.3, -0.25) is 9.69 Å². The van der Waals surface area contributed by atoms with Gasteiger partial charge >= 0.3 is 5.97 Å². The molecular weight excluding hydrogens is 496 g/mol. The molecule has 0 spiro atoms. The number of nitrogens with zero attached hydrogens (tertiary/aromatic N) is 3. The van der Waals surface area contributed by atoms with E-state index < -0.39 is 5.97 Å². The topological polar surface area (TPSA) is 108 Å². The number of aromatic nitrogens is 1. The van der Waals surface area contributed by atoms with Crippen LogP contribution in [-0.2, 0) is 11.2 Å². The highest BCUT2D eigenvalue weighted by Crippen LogP contribution is 2.28. The zero-order valence-electron chi connectivity index (χ0n) is 22.3. The molecule has 1 unspecified atom stereocenters. The molecule has 1 saturated heterocycles. The summed E-state index contributed by atoms with van der Waals surface area (Å²) in [5.41, 5.74) is 4.40. The first-order chi connectivity index (χ1) is 18.8. The Morgan fingerprint density at radius 3 is 2.64 bits per heavy atom. The van der Waals surface area contributed by atoms with E-state index in [1.54, 1.807) is 12.1 Å². The van der Waals surface area contributed by atoms with Crippen LogP contribution in [0.2, 0.25) is 0 Å². The van der Waals surface area contributed by atoms with E-state index in [9.17, 15) is 9.59 Å². The maximum Gasteiger partial charge on any atom is 0.335 e. The molecule has 9 nitrogen and oxygen atoms in total. The van der Waals surface area contributed by atoms with Gasteiger partial charge in [0.15, 0.2) is 11.8 Å². The van der Waals surface area contributed by atoms with E-state index in [-0.39, 0.29) is 30.2 Å². The molecule has 2 atom stereocenters. The molecule has 1 aliphatic heterocycles. The first-order valence-electron chi connectivity index (χ1n) is 13.0. The fraction of sp³-hybridized carbons (Fsp3) is 0.300. The van der Waals surface area contributed by atoms with Crippen molar-refractivity contribution in [3.05, 3.63) is 83.4 Å². The molecule has 3 aromatic carbocycles. The van der Waals surface area contributed by atoms with E-state index in [1.807, 2.05) is 73.3 Å². The molecule has 202 valence electrons. The van der Waals surface area contributed by atoms with Gasteiger partial charge in [-0.05, 0) is 87.5 Å². The van der Waals surface area contributed by atoms with Crippen LogP contribution in [0.5, 0.6) is 5.75 Å². The van der Waals surface area contributed by atoms with Gasteiger partial charge in [0.2, 0.25) is 5.91 Å². The number of carbonyl (C=O) groups is 2. The number of oxazole rings is 1. The molecule has 4 aromatic rings. The standard InChI is InChI=1S/C30H32N4O5/c1-19-7-4-5-8-23(19)31-30-32-24-15-10-20(17-26(24)39-30)18-27(35)34-16-6-9-25(34)28(33(2)3)38-22-13-11-21(12-14-22)29(36)37/h4-5,7-8,10-15,17,25,28H,6,9,16,18H2,1-3H3,(H,31,32)(H,36,37)/t25-,28?/m0/s1. The molecule has 0 radical (unpaired) electrons. The number of aromatic carboxylic acids is 1. The molecule has 2 heterocycles. The lowest BCUT2D eigenvalue weighted by molar-refractivity contribution is -0.135. The third-order valence-corrected chi connectivity index (χ3v) is 7.01. The predicted octanol–water partition coefficient (Wildman–Crippen LogP) is 5.08. The second-order valence-corrected chi connectivity index (χ2v) is 10.0. The number of aryl methyl sites for hydroxylation is 1. The first-order valence-corrected chi connectivity index (χ1v) is 13.0. The first kappa shape index (κ1) is 26.2. The average Bonchev–Trinajstić information content (AvgIpc) is 3.55. The van der Waals surface area contributed by atoms with Crippen molar-refractivity contribution in [2.75, 3.05) is 26.0 Å². The normalized spacial score (nSPS) is 16.0. The molecule has 1 aromatic heterocycles. The summed E-state index contributed by atoms with van der Waals surface area (Å²) in [6.07, 6.45) is 1.56. The third-order valence-electron chi connectivity index (χ3n) is 7.01. The van der Waals surface area contributed by atoms with Crippen LogP contribution in [0.1, 0.15) is 34.3 Å². The third kappa shape index (κ3) is 5.88. The predicted molar refractivity (Wildman–Crippen MR) is 148 cm³/mol. The molecule has 1 aliphatic rings. The number of benzene rings is 3. The van der Waals surface area contributed by atoms with E-state index in [4.69, 9.17) is 14.3 Å². The van der Waals surface area contributed by atoms with Crippen LogP contribution in [-0.4, -0.2) is 64.7 Å². The van der Waals surface area contributed by atoms with Crippen molar-refractivity contribution in [3.8, 4) is 5.75 Å². The average molecular weight is 529 g/mol. The van der Waals surface area contributed by atoms with E-state index in [0.717, 1.165) is 35.2 Å². The van der Waals surface area contributed by atoms with Gasteiger partial charge in [0.1, 0.15) is 11.3 Å². The van der Waals surface area contributed by atoms with E-state index in [0.29, 0.717) is 23.9 Å². The van der Waals surface area contributed by atoms with Crippen molar-refractivity contribution in [3.63, 3.8) is 0 Å². The number of nitrogens with one attached hydrogen (secondary N) is 1. The van der Waals surface area contributed by atoms with Crippen molar-refractivity contribution in [2.45, 2.75) is 38.5 Å². The Balaban J connectivity index is 1.28. The van der Waals surface area contributed by atoms with Gasteiger partial charge in [0, 0.05) is 12.2 Å². The van der Waals surface area contributed by atoms with Crippen LogP contribution in [0.15, 0.2) is 71.1 Å². The summed E-state index contributed by atoms with van der Waals surface area (Å²) in [4.78, 5) is 33.0. The number of carboxylic acid groups (broad SMARTS) is 1. The van der Waals surface area contributed by atoms with Crippen molar-refractivity contribution < 1.29 is 23.8 Å². The zero-order valence-corrected chi connectivity index (χ0v) is 22.3. The fourth-order valence-corrected chi connectivity index (χ4v) is 4.98. The Morgan fingerprint density at radius 1 is 1.15 bits per heavy atom. The minimum absolute atomic E-state index is 0.0197. The number of likely N-dealkylation sites (N-methyl/N-ethyl adjacent to an activating group) is 1. The van der Waals surface area contributed by atoms with Gasteiger partial charge in [-0.2, -0.15) is 4.98 Å². The smallest absolute Gasteiger partial charge is 0.335 e. The Bertz CT molecular complexity index is 1480. The molecule has 0 aliphatic carbocycles. The monoisotopic (exact) mass is 528 g/mol. The number of amides is 1. The van der Waals surface area contributed by atoms with Crippen LogP contribution in [0.25, 0.3) is 11.1 Å². The number of carbonyl (C=O) groups excluding carboxylic acids is 1. The molecule has 0 saturated carbocycles. The minimum Gasteiger partial charge on any atom is -0.478 e. The molecule has 1 amide bonds. The highest BCUT2D eigenvalue weighted by Gasteiger charge is 2.37. The second-order valence-electron chi connectivity index (χ2n) is 10.0. The lowest BCUT2D eigenvalue weighted by Gasteiger charge is -2.35. The van der Waals surface area contributed by atoms with Gasteiger partial charge in [0.05, 0.1) is 18.0 Å². The summed E-state index contributed by atoms with van der Waals surface area (Å²) in [7, 11) is 3.83. The maximum absolute atomic E-state index is 13.5. The number of fused-ring (bicyclic) bond motifs is 1. The fourth-order valence-electron chi connectivity index (χ4n) is 4.98. The number of likely N-dealkylation sites (tertiary alicyclic amines) is 1. The van der Waals surface area contributed by atoms with Crippen LogP contribution >= 0.6 is 0 Å². The number of anilines is 2. The Labute approximate surface area is 227 Å². The van der Waals surface area contributed by atoms with Gasteiger partial charge in [-0.15, -0.1) is 0 Å². The number of para-hydroxylation sites is 1. The zero-order chi connectivity index (χ0) is 27.5. The van der Waals surface area contributed by atoms with Gasteiger partial charge < -0.3 is 24.5 Å². The summed E-state index contributed by atoms with van der Waals surface area (Å²) in [6, 6.07) is 20.2. The molecule has 2 N–H and O–H groups in total. The summed E-state index contributed by atoms with van der Waals surface area (Å²) in [6.45, 7) is 2.67. The lowest BCUT2D eigenvalue weighted by atomic mass is 10.1. The second kappa shape index (κ2) is 11.2. The van der Waals surface area contributed by atoms with Gasteiger partial charge in [0.25, 0.3) is 6.01 Å². The van der Waals surface area contributed by atoms with Crippen LogP contribution < -0.4 is 10.1 Å². The van der Waals surface area contributed by atoms with Crippen molar-refractivity contribution in [1.82, 2.24) is 14.8 Å². The van der Waals surface area contributed by atoms with Crippen LogP contribution in [0, 0.1) is 6.92 Å². The van der Waals surface area contributed by atoms with Crippen LogP contribution in [0.4, 0.5) is 11.7 Å². The lowest BCUT2D eigenvalue weighted by Crippen LogP contribution is -2.51. The number of ether oxygens (including phenoxy) is 1. The van der Waals surface area contributed by atoms with E-state index in [1.165, 1.54) is 12.1 Å². The maximum atomic E-state index is 13.5. The SMILES string of the molecule is Cc1ccccc1Nc1nc2ccc(CC(=O)N3CCC[C@H]3C(Oc3ccc(C(=O)O)cc3)N(C)C)cc2o1. The molecular formula is C30H32N4O5. The Morgan fingerprint density at radius 2 is 1.92 bits per heavy atom. The quantitative estimate of drug-likeness (QED) is 0.290.